The van der Waals surface area contributed by atoms with Crippen molar-refractivity contribution in [2.24, 2.45) is 0 Å². The van der Waals surface area contributed by atoms with Gasteiger partial charge < -0.3 is 10.4 Å². The van der Waals surface area contributed by atoms with E-state index in [2.05, 4.69) is 5.32 Å². The third-order valence-corrected chi connectivity index (χ3v) is 2.79. The van der Waals surface area contributed by atoms with Gasteiger partial charge in [-0.15, -0.1) is 0 Å². The van der Waals surface area contributed by atoms with E-state index in [0.717, 1.165) is 12.0 Å². The van der Waals surface area contributed by atoms with E-state index in [1.54, 1.807) is 0 Å². The normalized spacial score (nSPS) is 11.9. The van der Waals surface area contributed by atoms with Gasteiger partial charge in [-0.3, -0.25) is 9.59 Å². The zero-order chi connectivity index (χ0) is 13.5. The molecule has 1 unspecified atom stereocenters. The Morgan fingerprint density at radius 2 is 1.83 bits per heavy atom. The van der Waals surface area contributed by atoms with Gasteiger partial charge in [0.25, 0.3) is 0 Å². The second-order valence-corrected chi connectivity index (χ2v) is 4.33. The Labute approximate surface area is 107 Å². The van der Waals surface area contributed by atoms with Crippen molar-refractivity contribution >= 4 is 11.9 Å². The van der Waals surface area contributed by atoms with Crippen molar-refractivity contribution in [3.05, 3.63) is 35.4 Å². The van der Waals surface area contributed by atoms with Crippen LogP contribution in [0.25, 0.3) is 0 Å². The molecule has 18 heavy (non-hydrogen) atoms. The summed E-state index contributed by atoms with van der Waals surface area (Å²) in [6.07, 6.45) is 0.676. The Balaban J connectivity index is 2.59. The number of rotatable bonds is 6. The van der Waals surface area contributed by atoms with E-state index in [4.69, 9.17) is 5.11 Å². The first-order valence-corrected chi connectivity index (χ1v) is 6.10. The number of nitrogens with one attached hydrogen (secondary N) is 1. The van der Waals surface area contributed by atoms with Gasteiger partial charge in [-0.25, -0.2) is 0 Å². The molecule has 1 amide bonds. The molecule has 0 heterocycles. The molecule has 1 rings (SSSR count). The minimum absolute atomic E-state index is 0.0255. The average Bonchev–Trinajstić information content (AvgIpc) is 2.34. The highest BCUT2D eigenvalue weighted by molar-refractivity contribution is 5.80. The lowest BCUT2D eigenvalue weighted by atomic mass is 10.0. The van der Waals surface area contributed by atoms with E-state index in [9.17, 15) is 9.59 Å². The fourth-order valence-corrected chi connectivity index (χ4v) is 1.71. The number of benzene rings is 1. The maximum Gasteiger partial charge on any atom is 0.303 e. The molecule has 0 saturated carbocycles. The predicted molar refractivity (Wildman–Crippen MR) is 69.2 cm³/mol. The summed E-state index contributed by atoms with van der Waals surface area (Å²) in [7, 11) is 0. The summed E-state index contributed by atoms with van der Waals surface area (Å²) in [6, 6.07) is 7.93. The van der Waals surface area contributed by atoms with Crippen LogP contribution in [0, 0.1) is 6.92 Å². The lowest BCUT2D eigenvalue weighted by Gasteiger charge is -2.17. The van der Waals surface area contributed by atoms with Gasteiger partial charge in [-0.2, -0.15) is 0 Å². The highest BCUT2D eigenvalue weighted by Crippen LogP contribution is 2.17. The SMILES string of the molecule is CCC(NC(=O)CCC(=O)O)c1ccc(C)cc1. The van der Waals surface area contributed by atoms with Crippen LogP contribution < -0.4 is 5.32 Å². The van der Waals surface area contributed by atoms with Gasteiger partial charge in [-0.05, 0) is 18.9 Å². The van der Waals surface area contributed by atoms with E-state index in [1.165, 1.54) is 5.56 Å². The van der Waals surface area contributed by atoms with Crippen molar-refractivity contribution < 1.29 is 14.7 Å². The average molecular weight is 249 g/mol. The number of carboxylic acids is 1. The standard InChI is InChI=1S/C14H19NO3/c1-3-12(11-6-4-10(2)5-7-11)15-13(16)8-9-14(17)18/h4-7,12H,3,8-9H2,1-2H3,(H,15,16)(H,17,18). The summed E-state index contributed by atoms with van der Waals surface area (Å²) in [6.45, 7) is 4.00. The van der Waals surface area contributed by atoms with Crippen LogP contribution in [0.15, 0.2) is 24.3 Å². The first-order valence-electron chi connectivity index (χ1n) is 6.10. The molecule has 0 aromatic heterocycles. The van der Waals surface area contributed by atoms with Crippen LogP contribution in [0.5, 0.6) is 0 Å². The molecule has 0 aliphatic carbocycles. The molecule has 1 atom stereocenters. The number of amides is 1. The molecule has 0 spiro atoms. The Kier molecular flexibility index (Phi) is 5.36. The second-order valence-electron chi connectivity index (χ2n) is 4.33. The van der Waals surface area contributed by atoms with Crippen molar-refractivity contribution in [3.63, 3.8) is 0 Å². The van der Waals surface area contributed by atoms with Crippen LogP contribution in [0.4, 0.5) is 0 Å². The summed E-state index contributed by atoms with van der Waals surface area (Å²) < 4.78 is 0. The van der Waals surface area contributed by atoms with Gasteiger partial charge in [0.1, 0.15) is 0 Å². The van der Waals surface area contributed by atoms with Crippen LogP contribution in [0.1, 0.15) is 43.4 Å². The summed E-state index contributed by atoms with van der Waals surface area (Å²) in [4.78, 5) is 22.0. The monoisotopic (exact) mass is 249 g/mol. The van der Waals surface area contributed by atoms with Crippen molar-refractivity contribution in [3.8, 4) is 0 Å². The van der Waals surface area contributed by atoms with E-state index in [0.29, 0.717) is 0 Å². The first kappa shape index (κ1) is 14.2. The van der Waals surface area contributed by atoms with E-state index >= 15 is 0 Å². The molecular weight excluding hydrogens is 230 g/mol. The quantitative estimate of drug-likeness (QED) is 0.813. The van der Waals surface area contributed by atoms with Gasteiger partial charge in [0.2, 0.25) is 5.91 Å². The minimum Gasteiger partial charge on any atom is -0.481 e. The molecule has 0 aliphatic rings. The maximum atomic E-state index is 11.6. The number of carbonyl (C=O) groups excluding carboxylic acids is 1. The van der Waals surface area contributed by atoms with E-state index in [1.807, 2.05) is 38.1 Å². The largest absolute Gasteiger partial charge is 0.481 e. The Bertz CT molecular complexity index is 412. The minimum atomic E-state index is -0.950. The number of hydrogen-bond acceptors (Lipinski definition) is 2. The van der Waals surface area contributed by atoms with Gasteiger partial charge >= 0.3 is 5.97 Å². The molecular formula is C14H19NO3. The molecule has 98 valence electrons. The summed E-state index contributed by atoms with van der Waals surface area (Å²) in [5, 5.41) is 11.4. The van der Waals surface area contributed by atoms with Crippen LogP contribution in [-0.2, 0) is 9.59 Å². The number of carboxylic acid groups (broad SMARTS) is 1. The summed E-state index contributed by atoms with van der Waals surface area (Å²) >= 11 is 0. The highest BCUT2D eigenvalue weighted by atomic mass is 16.4. The Morgan fingerprint density at radius 1 is 1.22 bits per heavy atom. The topological polar surface area (TPSA) is 66.4 Å². The van der Waals surface area contributed by atoms with E-state index < -0.39 is 5.97 Å². The van der Waals surface area contributed by atoms with Crippen LogP contribution >= 0.6 is 0 Å². The van der Waals surface area contributed by atoms with Gasteiger partial charge in [0.15, 0.2) is 0 Å². The Hall–Kier alpha value is -1.84. The van der Waals surface area contributed by atoms with E-state index in [-0.39, 0.29) is 24.8 Å². The fraction of sp³-hybridized carbons (Fsp3) is 0.429. The first-order chi connectivity index (χ1) is 8.52. The molecule has 4 heteroatoms. The molecule has 1 aromatic carbocycles. The molecule has 0 fully saturated rings. The second kappa shape index (κ2) is 6.79. The zero-order valence-corrected chi connectivity index (χ0v) is 10.8. The van der Waals surface area contributed by atoms with Crippen LogP contribution in [0.2, 0.25) is 0 Å². The van der Waals surface area contributed by atoms with Gasteiger partial charge in [0, 0.05) is 6.42 Å². The van der Waals surface area contributed by atoms with Crippen molar-refractivity contribution in [2.75, 3.05) is 0 Å². The van der Waals surface area contributed by atoms with Crippen LogP contribution in [-0.4, -0.2) is 17.0 Å². The van der Waals surface area contributed by atoms with Gasteiger partial charge in [0.05, 0.1) is 12.5 Å². The number of hydrogen-bond donors (Lipinski definition) is 2. The van der Waals surface area contributed by atoms with Crippen molar-refractivity contribution in [1.82, 2.24) is 5.32 Å². The Morgan fingerprint density at radius 3 is 2.33 bits per heavy atom. The van der Waals surface area contributed by atoms with Gasteiger partial charge in [-0.1, -0.05) is 36.8 Å². The fourth-order valence-electron chi connectivity index (χ4n) is 1.71. The molecule has 4 nitrogen and oxygen atoms in total. The zero-order valence-electron chi connectivity index (χ0n) is 10.8. The lowest BCUT2D eigenvalue weighted by Crippen LogP contribution is -2.28. The lowest BCUT2D eigenvalue weighted by molar-refractivity contribution is -0.138. The molecule has 1 aromatic rings. The molecule has 2 N–H and O–H groups in total. The highest BCUT2D eigenvalue weighted by Gasteiger charge is 2.13. The smallest absolute Gasteiger partial charge is 0.303 e. The summed E-state index contributed by atoms with van der Waals surface area (Å²) in [5.41, 5.74) is 2.22. The molecule has 0 saturated heterocycles. The number of aryl methyl sites for hydroxylation is 1. The predicted octanol–water partition coefficient (Wildman–Crippen LogP) is 2.43. The molecule has 0 bridgehead atoms. The van der Waals surface area contributed by atoms with Crippen molar-refractivity contribution in [1.29, 1.82) is 0 Å². The number of carbonyl (C=O) groups is 2. The van der Waals surface area contributed by atoms with Crippen LogP contribution in [0.3, 0.4) is 0 Å². The summed E-state index contributed by atoms with van der Waals surface area (Å²) in [5.74, 6) is -1.17. The third-order valence-electron chi connectivity index (χ3n) is 2.79. The molecule has 0 aliphatic heterocycles. The number of aliphatic carboxylic acids is 1. The molecule has 0 radical (unpaired) electrons. The van der Waals surface area contributed by atoms with Crippen molar-refractivity contribution in [2.45, 2.75) is 39.2 Å². The third kappa shape index (κ3) is 4.57. The maximum absolute atomic E-state index is 11.6.